The molecule has 142 valence electrons. The minimum absolute atomic E-state index is 0.165. The molecular formula is C25H26N2S. The van der Waals surface area contributed by atoms with Gasteiger partial charge < -0.3 is 0 Å². The molecule has 0 saturated carbocycles. The molecule has 0 fully saturated rings. The summed E-state index contributed by atoms with van der Waals surface area (Å²) in [6.45, 7) is 6.76. The van der Waals surface area contributed by atoms with E-state index < -0.39 is 0 Å². The van der Waals surface area contributed by atoms with Crippen molar-refractivity contribution in [2.75, 3.05) is 5.01 Å². The number of thiophene rings is 1. The van der Waals surface area contributed by atoms with E-state index in [1.165, 1.54) is 16.0 Å². The van der Waals surface area contributed by atoms with Gasteiger partial charge in [-0.2, -0.15) is 5.10 Å². The molecule has 0 aliphatic carbocycles. The van der Waals surface area contributed by atoms with Crippen molar-refractivity contribution in [3.8, 4) is 0 Å². The topological polar surface area (TPSA) is 15.6 Å². The molecule has 1 aromatic heterocycles. The van der Waals surface area contributed by atoms with E-state index in [2.05, 4.69) is 104 Å². The predicted octanol–water partition coefficient (Wildman–Crippen LogP) is 7.07. The molecule has 0 saturated heterocycles. The van der Waals surface area contributed by atoms with Gasteiger partial charge in [-0.1, -0.05) is 69.3 Å². The van der Waals surface area contributed by atoms with Crippen molar-refractivity contribution in [1.82, 2.24) is 0 Å². The van der Waals surface area contributed by atoms with E-state index in [0.29, 0.717) is 0 Å². The summed E-state index contributed by atoms with van der Waals surface area (Å²) in [4.78, 5) is 1.26. The van der Waals surface area contributed by atoms with Crippen LogP contribution in [0.25, 0.3) is 6.08 Å². The Morgan fingerprint density at radius 1 is 0.929 bits per heavy atom. The van der Waals surface area contributed by atoms with Crippen molar-refractivity contribution in [2.24, 2.45) is 5.10 Å². The zero-order valence-corrected chi connectivity index (χ0v) is 17.5. The van der Waals surface area contributed by atoms with Gasteiger partial charge in [0.15, 0.2) is 0 Å². The van der Waals surface area contributed by atoms with Gasteiger partial charge in [-0.3, -0.25) is 5.01 Å². The second kappa shape index (κ2) is 7.76. The lowest BCUT2D eigenvalue weighted by Crippen LogP contribution is -2.19. The second-order valence-electron chi connectivity index (χ2n) is 8.21. The zero-order valence-electron chi connectivity index (χ0n) is 16.7. The number of para-hydroxylation sites is 1. The minimum Gasteiger partial charge on any atom is -0.257 e. The van der Waals surface area contributed by atoms with Crippen molar-refractivity contribution in [3.05, 3.63) is 94.2 Å². The normalized spacial score (nSPS) is 17.3. The number of hydrogen-bond donors (Lipinski definition) is 0. The molecule has 4 rings (SSSR count). The summed E-state index contributed by atoms with van der Waals surface area (Å²) in [6.07, 6.45) is 5.23. The Balaban J connectivity index is 1.64. The molecule has 0 amide bonds. The van der Waals surface area contributed by atoms with Crippen LogP contribution in [-0.2, 0) is 5.41 Å². The predicted molar refractivity (Wildman–Crippen MR) is 122 cm³/mol. The number of nitrogens with zero attached hydrogens (tertiary/aromatic N) is 2. The van der Waals surface area contributed by atoms with Gasteiger partial charge in [0.1, 0.15) is 0 Å². The van der Waals surface area contributed by atoms with Gasteiger partial charge in [0.05, 0.1) is 17.4 Å². The van der Waals surface area contributed by atoms with Crippen molar-refractivity contribution in [1.29, 1.82) is 0 Å². The molecule has 0 bridgehead atoms. The molecule has 2 heterocycles. The summed E-state index contributed by atoms with van der Waals surface area (Å²) < 4.78 is 0. The highest BCUT2D eigenvalue weighted by Gasteiger charge is 2.28. The molecule has 3 aromatic rings. The highest BCUT2D eigenvalue weighted by atomic mass is 32.1. The molecule has 0 N–H and O–H groups in total. The fourth-order valence-electron chi connectivity index (χ4n) is 3.48. The molecule has 1 unspecified atom stereocenters. The number of hydrazone groups is 1. The summed E-state index contributed by atoms with van der Waals surface area (Å²) in [6, 6.07) is 24.0. The molecule has 0 radical (unpaired) electrons. The first kappa shape index (κ1) is 18.7. The SMILES string of the molecule is CC(C)(C)c1ccc(C2CC(C=Cc3cccs3)=NN2c2ccccc2)cc1. The maximum absolute atomic E-state index is 4.95. The number of benzene rings is 2. The highest BCUT2D eigenvalue weighted by molar-refractivity contribution is 7.10. The number of anilines is 1. The van der Waals surface area contributed by atoms with Crippen LogP contribution in [0, 0.1) is 0 Å². The first-order chi connectivity index (χ1) is 13.5. The summed E-state index contributed by atoms with van der Waals surface area (Å²) in [5.41, 5.74) is 5.08. The van der Waals surface area contributed by atoms with Gasteiger partial charge in [0.25, 0.3) is 0 Å². The van der Waals surface area contributed by atoms with Gasteiger partial charge in [0, 0.05) is 11.3 Å². The fraction of sp³-hybridized carbons (Fsp3) is 0.240. The molecule has 1 aliphatic rings. The molecule has 2 aromatic carbocycles. The quantitative estimate of drug-likeness (QED) is 0.468. The van der Waals surface area contributed by atoms with E-state index in [0.717, 1.165) is 17.8 Å². The van der Waals surface area contributed by atoms with Crippen LogP contribution in [0.3, 0.4) is 0 Å². The van der Waals surface area contributed by atoms with Gasteiger partial charge in [-0.25, -0.2) is 0 Å². The first-order valence-corrected chi connectivity index (χ1v) is 10.6. The Hall–Kier alpha value is -2.65. The first-order valence-electron chi connectivity index (χ1n) is 9.74. The van der Waals surface area contributed by atoms with Crippen LogP contribution in [-0.4, -0.2) is 5.71 Å². The van der Waals surface area contributed by atoms with Crippen molar-refractivity contribution in [3.63, 3.8) is 0 Å². The zero-order chi connectivity index (χ0) is 19.6. The third-order valence-electron chi connectivity index (χ3n) is 5.10. The third kappa shape index (κ3) is 4.10. The van der Waals surface area contributed by atoms with Crippen LogP contribution < -0.4 is 5.01 Å². The number of rotatable bonds is 4. The Bertz CT molecular complexity index is 962. The van der Waals surface area contributed by atoms with Crippen molar-refractivity contribution >= 4 is 28.8 Å². The van der Waals surface area contributed by atoms with Crippen molar-refractivity contribution in [2.45, 2.75) is 38.6 Å². The molecule has 2 nitrogen and oxygen atoms in total. The average Bonchev–Trinajstić information content (AvgIpc) is 3.36. The Morgan fingerprint density at radius 3 is 2.32 bits per heavy atom. The smallest absolute Gasteiger partial charge is 0.0831 e. The largest absolute Gasteiger partial charge is 0.257 e. The summed E-state index contributed by atoms with van der Waals surface area (Å²) in [5, 5.41) is 9.22. The number of allylic oxidation sites excluding steroid dienone is 1. The Labute approximate surface area is 171 Å². The van der Waals surface area contributed by atoms with Crippen LogP contribution in [0.4, 0.5) is 5.69 Å². The molecule has 1 aliphatic heterocycles. The maximum atomic E-state index is 4.95. The van der Waals surface area contributed by atoms with Gasteiger partial charge in [0.2, 0.25) is 0 Å². The maximum Gasteiger partial charge on any atom is 0.0831 e. The molecule has 1 atom stereocenters. The highest BCUT2D eigenvalue weighted by Crippen LogP contribution is 2.36. The standard InChI is InChI=1S/C25H26N2S/c1-25(2,3)20-13-11-19(12-14-20)24-18-21(15-16-23-10-7-17-28-23)26-27(24)22-8-5-4-6-9-22/h4-17,24H,18H2,1-3H3. The van der Waals surface area contributed by atoms with Crippen LogP contribution in [0.2, 0.25) is 0 Å². The minimum atomic E-state index is 0.165. The van der Waals surface area contributed by atoms with Crippen LogP contribution >= 0.6 is 11.3 Å². The number of hydrogen-bond acceptors (Lipinski definition) is 3. The van der Waals surface area contributed by atoms with Crippen LogP contribution in [0.1, 0.15) is 49.2 Å². The van der Waals surface area contributed by atoms with Crippen LogP contribution in [0.5, 0.6) is 0 Å². The summed E-state index contributed by atoms with van der Waals surface area (Å²) in [5.74, 6) is 0. The van der Waals surface area contributed by atoms with E-state index in [1.54, 1.807) is 11.3 Å². The van der Waals surface area contributed by atoms with Gasteiger partial charge >= 0.3 is 0 Å². The lowest BCUT2D eigenvalue weighted by Gasteiger charge is -2.25. The van der Waals surface area contributed by atoms with E-state index in [1.807, 2.05) is 6.07 Å². The Kier molecular flexibility index (Phi) is 5.19. The molecular weight excluding hydrogens is 360 g/mol. The second-order valence-corrected chi connectivity index (χ2v) is 9.19. The lowest BCUT2D eigenvalue weighted by molar-refractivity contribution is 0.589. The molecule has 0 spiro atoms. The average molecular weight is 387 g/mol. The van der Waals surface area contributed by atoms with Crippen molar-refractivity contribution < 1.29 is 0 Å². The van der Waals surface area contributed by atoms with Gasteiger partial charge in [-0.15, -0.1) is 11.3 Å². The lowest BCUT2D eigenvalue weighted by atomic mass is 9.86. The molecule has 28 heavy (non-hydrogen) atoms. The summed E-state index contributed by atoms with van der Waals surface area (Å²) in [7, 11) is 0. The fourth-order valence-corrected chi connectivity index (χ4v) is 4.10. The van der Waals surface area contributed by atoms with E-state index in [9.17, 15) is 0 Å². The monoisotopic (exact) mass is 386 g/mol. The van der Waals surface area contributed by atoms with Crippen LogP contribution in [0.15, 0.2) is 83.3 Å². The van der Waals surface area contributed by atoms with E-state index >= 15 is 0 Å². The Morgan fingerprint density at radius 2 is 1.68 bits per heavy atom. The molecule has 3 heteroatoms. The van der Waals surface area contributed by atoms with E-state index in [-0.39, 0.29) is 11.5 Å². The van der Waals surface area contributed by atoms with E-state index in [4.69, 9.17) is 5.10 Å². The van der Waals surface area contributed by atoms with Gasteiger partial charge in [-0.05, 0) is 52.3 Å². The summed E-state index contributed by atoms with van der Waals surface area (Å²) >= 11 is 1.75. The third-order valence-corrected chi connectivity index (χ3v) is 5.94.